The Morgan fingerprint density at radius 1 is 1.08 bits per heavy atom. The van der Waals surface area contributed by atoms with Gasteiger partial charge in [-0.05, 0) is 56.5 Å². The zero-order chi connectivity index (χ0) is 27.1. The van der Waals surface area contributed by atoms with Gasteiger partial charge in [0.2, 0.25) is 5.91 Å². The van der Waals surface area contributed by atoms with E-state index >= 15 is 0 Å². The van der Waals surface area contributed by atoms with Crippen LogP contribution in [0, 0.1) is 5.92 Å². The normalized spacial score (nSPS) is 17.6. The number of carbonyl (C=O) groups is 4. The van der Waals surface area contributed by atoms with Crippen molar-refractivity contribution in [3.8, 4) is 0 Å². The number of Topliss-reactive ketones (excluding diaryl/α,β-unsaturated/α-hetero) is 1. The van der Waals surface area contributed by atoms with Crippen LogP contribution in [-0.4, -0.2) is 53.8 Å². The van der Waals surface area contributed by atoms with Gasteiger partial charge in [0.05, 0.1) is 5.92 Å². The van der Waals surface area contributed by atoms with Gasteiger partial charge >= 0.3 is 5.97 Å². The van der Waals surface area contributed by atoms with Crippen LogP contribution in [0.2, 0.25) is 5.02 Å². The maximum absolute atomic E-state index is 13.2. The summed E-state index contributed by atoms with van der Waals surface area (Å²) in [7, 11) is 0. The molecule has 1 aromatic heterocycles. The van der Waals surface area contributed by atoms with Gasteiger partial charge in [-0.25, -0.2) is 0 Å². The first-order valence-corrected chi connectivity index (χ1v) is 13.1. The van der Waals surface area contributed by atoms with Gasteiger partial charge in [0.15, 0.2) is 12.4 Å². The van der Waals surface area contributed by atoms with Gasteiger partial charge in [0.1, 0.15) is 11.7 Å². The fourth-order valence-corrected chi connectivity index (χ4v) is 4.88. The second-order valence-electron chi connectivity index (χ2n) is 9.42. The Hall–Kier alpha value is -3.69. The molecule has 0 spiro atoms. The highest BCUT2D eigenvalue weighted by Gasteiger charge is 2.37. The van der Waals surface area contributed by atoms with E-state index in [1.807, 2.05) is 0 Å². The Morgan fingerprint density at radius 3 is 2.63 bits per heavy atom. The van der Waals surface area contributed by atoms with E-state index in [0.29, 0.717) is 48.5 Å². The Morgan fingerprint density at radius 2 is 1.87 bits per heavy atom. The largest absolute Gasteiger partial charge is 0.457 e. The van der Waals surface area contributed by atoms with Gasteiger partial charge < -0.3 is 26.1 Å². The summed E-state index contributed by atoms with van der Waals surface area (Å²) in [5, 5.41) is 7.04. The van der Waals surface area contributed by atoms with Crippen molar-refractivity contribution >= 4 is 46.1 Å². The van der Waals surface area contributed by atoms with Gasteiger partial charge in [0, 0.05) is 27.5 Å². The van der Waals surface area contributed by atoms with E-state index in [-0.39, 0.29) is 12.4 Å². The summed E-state index contributed by atoms with van der Waals surface area (Å²) in [5.74, 6) is -2.20. The fourth-order valence-electron chi connectivity index (χ4n) is 4.70. The van der Waals surface area contributed by atoms with Crippen LogP contribution in [0.3, 0.4) is 0 Å². The van der Waals surface area contributed by atoms with Crippen LogP contribution in [-0.2, 0) is 14.3 Å². The lowest BCUT2D eigenvalue weighted by Crippen LogP contribution is -2.51. The highest BCUT2D eigenvalue weighted by molar-refractivity contribution is 6.31. The molecule has 1 saturated carbocycles. The molecular formula is C28H31ClN4O5. The Kier molecular flexibility index (Phi) is 9.15. The summed E-state index contributed by atoms with van der Waals surface area (Å²) in [6.07, 6.45) is 2.74. The third kappa shape index (κ3) is 6.79. The minimum absolute atomic E-state index is 0.290. The number of esters is 1. The van der Waals surface area contributed by atoms with E-state index in [0.717, 1.165) is 17.3 Å². The molecule has 2 aromatic carbocycles. The molecule has 3 aromatic rings. The number of benzene rings is 2. The lowest BCUT2D eigenvalue weighted by Gasteiger charge is -2.24. The number of rotatable bonds is 11. The first-order chi connectivity index (χ1) is 18.4. The molecule has 200 valence electrons. The number of hydrogen-bond acceptors (Lipinski definition) is 6. The summed E-state index contributed by atoms with van der Waals surface area (Å²) in [5.41, 5.74) is 7.18. The standard InChI is InChI=1S/C28H31ClN4O5/c29-19-11-12-21-18(14-19)15-24(31-21)27(36)33-23(10-5-13-30)26(35)32-22-9-4-8-20(22)28(37)38-16-25(34)17-6-2-1-3-7-17/h1-3,6-7,11-12,14-15,20,22-23,31H,4-5,8-10,13,16,30H2,(H,32,35)(H,33,36)/t20-,22?,23+/m1/s1. The maximum Gasteiger partial charge on any atom is 0.311 e. The van der Waals surface area contributed by atoms with Crippen molar-refractivity contribution in [1.82, 2.24) is 15.6 Å². The molecule has 2 amide bonds. The third-order valence-electron chi connectivity index (χ3n) is 6.73. The number of fused-ring (bicyclic) bond motifs is 1. The van der Waals surface area contributed by atoms with Crippen LogP contribution >= 0.6 is 11.6 Å². The van der Waals surface area contributed by atoms with Crippen molar-refractivity contribution in [2.24, 2.45) is 11.7 Å². The quantitative estimate of drug-likeness (QED) is 0.218. The summed E-state index contributed by atoms with van der Waals surface area (Å²) in [4.78, 5) is 54.3. The lowest BCUT2D eigenvalue weighted by molar-refractivity contribution is -0.148. The van der Waals surface area contributed by atoms with Crippen molar-refractivity contribution in [2.45, 2.75) is 44.2 Å². The Balaban J connectivity index is 1.36. The number of nitrogens with two attached hydrogens (primary N) is 1. The number of carbonyl (C=O) groups excluding carboxylic acids is 4. The smallest absolute Gasteiger partial charge is 0.311 e. The monoisotopic (exact) mass is 538 g/mol. The molecule has 0 saturated heterocycles. The van der Waals surface area contributed by atoms with Crippen LogP contribution < -0.4 is 16.4 Å². The van der Waals surface area contributed by atoms with Crippen molar-refractivity contribution in [2.75, 3.05) is 13.2 Å². The van der Waals surface area contributed by atoms with E-state index in [2.05, 4.69) is 15.6 Å². The number of aromatic amines is 1. The third-order valence-corrected chi connectivity index (χ3v) is 6.97. The molecule has 1 fully saturated rings. The summed E-state index contributed by atoms with van der Waals surface area (Å²) in [6, 6.07) is 14.2. The fraction of sp³-hybridized carbons (Fsp3) is 0.357. The van der Waals surface area contributed by atoms with Gasteiger partial charge in [-0.1, -0.05) is 48.4 Å². The molecule has 0 radical (unpaired) electrons. The number of ether oxygens (including phenoxy) is 1. The van der Waals surface area contributed by atoms with E-state index in [1.165, 1.54) is 0 Å². The molecule has 5 N–H and O–H groups in total. The number of nitrogens with one attached hydrogen (secondary N) is 3. The summed E-state index contributed by atoms with van der Waals surface area (Å²) in [6.45, 7) is 0.00324. The Bertz CT molecular complexity index is 1310. The molecule has 9 nitrogen and oxygen atoms in total. The van der Waals surface area contributed by atoms with Gasteiger partial charge in [0.25, 0.3) is 5.91 Å². The van der Waals surface area contributed by atoms with E-state index in [4.69, 9.17) is 22.1 Å². The number of ketones is 1. The number of amides is 2. The summed E-state index contributed by atoms with van der Waals surface area (Å²) < 4.78 is 5.30. The minimum atomic E-state index is -0.835. The molecule has 10 heteroatoms. The van der Waals surface area contributed by atoms with Gasteiger partial charge in [-0.2, -0.15) is 0 Å². The second-order valence-corrected chi connectivity index (χ2v) is 9.86. The number of aromatic nitrogens is 1. The highest BCUT2D eigenvalue weighted by atomic mass is 35.5. The average Bonchev–Trinajstić information content (AvgIpc) is 3.56. The van der Waals surface area contributed by atoms with Crippen LogP contribution in [0.25, 0.3) is 10.9 Å². The van der Waals surface area contributed by atoms with Crippen LogP contribution in [0.15, 0.2) is 54.6 Å². The van der Waals surface area contributed by atoms with Crippen molar-refractivity contribution in [3.05, 3.63) is 70.9 Å². The highest BCUT2D eigenvalue weighted by Crippen LogP contribution is 2.27. The molecule has 1 unspecified atom stereocenters. The molecule has 0 aliphatic heterocycles. The number of H-pyrrole nitrogens is 1. The van der Waals surface area contributed by atoms with E-state index in [9.17, 15) is 19.2 Å². The topological polar surface area (TPSA) is 143 Å². The van der Waals surface area contributed by atoms with Gasteiger partial charge in [-0.3, -0.25) is 19.2 Å². The van der Waals surface area contributed by atoms with Crippen LogP contribution in [0.4, 0.5) is 0 Å². The summed E-state index contributed by atoms with van der Waals surface area (Å²) >= 11 is 6.04. The molecular weight excluding hydrogens is 508 g/mol. The molecule has 1 heterocycles. The van der Waals surface area contributed by atoms with Crippen LogP contribution in [0.5, 0.6) is 0 Å². The predicted molar refractivity (Wildman–Crippen MR) is 144 cm³/mol. The first kappa shape index (κ1) is 27.3. The zero-order valence-corrected chi connectivity index (χ0v) is 21.6. The Labute approximate surface area is 225 Å². The van der Waals surface area contributed by atoms with Gasteiger partial charge in [-0.15, -0.1) is 0 Å². The number of hydrogen-bond donors (Lipinski definition) is 4. The zero-order valence-electron chi connectivity index (χ0n) is 20.9. The predicted octanol–water partition coefficient (Wildman–Crippen LogP) is 3.37. The molecule has 4 rings (SSSR count). The maximum atomic E-state index is 13.2. The van der Waals surface area contributed by atoms with Crippen molar-refractivity contribution in [3.63, 3.8) is 0 Å². The molecule has 38 heavy (non-hydrogen) atoms. The van der Waals surface area contributed by atoms with Crippen LogP contribution in [0.1, 0.15) is 53.0 Å². The molecule has 0 bridgehead atoms. The SMILES string of the molecule is NCCC[C@H](NC(=O)c1cc2cc(Cl)ccc2[nH]1)C(=O)NC1CCC[C@H]1C(=O)OCC(=O)c1ccccc1. The lowest BCUT2D eigenvalue weighted by atomic mass is 10.0. The molecule has 1 aliphatic rings. The second kappa shape index (κ2) is 12.7. The minimum Gasteiger partial charge on any atom is -0.457 e. The molecule has 3 atom stereocenters. The number of halogens is 1. The first-order valence-electron chi connectivity index (χ1n) is 12.7. The average molecular weight is 539 g/mol. The molecule has 1 aliphatic carbocycles. The van der Waals surface area contributed by atoms with Crippen molar-refractivity contribution in [1.29, 1.82) is 0 Å². The van der Waals surface area contributed by atoms with E-state index < -0.39 is 35.8 Å². The van der Waals surface area contributed by atoms with E-state index in [1.54, 1.807) is 54.6 Å². The van der Waals surface area contributed by atoms with Crippen molar-refractivity contribution < 1.29 is 23.9 Å².